The zero-order valence-corrected chi connectivity index (χ0v) is 20.2. The van der Waals surface area contributed by atoms with Crippen molar-refractivity contribution < 1.29 is 19.1 Å². The molecule has 0 unspecified atom stereocenters. The maximum atomic E-state index is 12.3. The van der Waals surface area contributed by atoms with Crippen LogP contribution >= 0.6 is 46.4 Å². The third-order valence-corrected chi connectivity index (χ3v) is 5.50. The van der Waals surface area contributed by atoms with E-state index >= 15 is 0 Å². The van der Waals surface area contributed by atoms with E-state index in [0.29, 0.717) is 15.6 Å². The van der Waals surface area contributed by atoms with E-state index in [1.54, 1.807) is 24.3 Å². The van der Waals surface area contributed by atoms with Crippen molar-refractivity contribution in [1.82, 2.24) is 10.7 Å². The van der Waals surface area contributed by atoms with E-state index in [2.05, 4.69) is 15.8 Å². The average molecular weight is 539 g/mol. The van der Waals surface area contributed by atoms with E-state index < -0.39 is 17.8 Å². The van der Waals surface area contributed by atoms with E-state index in [4.69, 9.17) is 51.1 Å². The van der Waals surface area contributed by atoms with E-state index in [1.807, 2.05) is 0 Å². The van der Waals surface area contributed by atoms with Crippen molar-refractivity contribution in [3.63, 3.8) is 0 Å². The molecule has 2 N–H and O–H groups in total. The first-order chi connectivity index (χ1) is 16.2. The molecule has 0 radical (unpaired) electrons. The van der Waals surface area contributed by atoms with Gasteiger partial charge in [-0.05, 0) is 54.1 Å². The van der Waals surface area contributed by atoms with Gasteiger partial charge in [0.05, 0.1) is 33.4 Å². The summed E-state index contributed by atoms with van der Waals surface area (Å²) in [7, 11) is 0. The SMILES string of the molecule is O=C(CNC(=O)c1ccc(Cl)c(Cl)c1)N/N=C\c1cccc(OC(=O)c2ccc(Cl)cc2Cl)c1. The van der Waals surface area contributed by atoms with Crippen LogP contribution in [0.3, 0.4) is 0 Å². The van der Waals surface area contributed by atoms with Crippen LogP contribution in [-0.4, -0.2) is 30.5 Å². The zero-order chi connectivity index (χ0) is 24.7. The highest BCUT2D eigenvalue weighted by Crippen LogP contribution is 2.23. The van der Waals surface area contributed by atoms with Gasteiger partial charge in [-0.15, -0.1) is 0 Å². The van der Waals surface area contributed by atoms with Crippen LogP contribution < -0.4 is 15.5 Å². The predicted octanol–water partition coefficient (Wildman–Crippen LogP) is 5.40. The Labute approximate surface area is 214 Å². The van der Waals surface area contributed by atoms with Gasteiger partial charge in [-0.25, -0.2) is 10.2 Å². The van der Waals surface area contributed by atoms with Crippen LogP contribution in [0.4, 0.5) is 0 Å². The monoisotopic (exact) mass is 537 g/mol. The van der Waals surface area contributed by atoms with Crippen molar-refractivity contribution in [2.75, 3.05) is 6.54 Å². The molecule has 11 heteroatoms. The lowest BCUT2D eigenvalue weighted by Gasteiger charge is -2.07. The van der Waals surface area contributed by atoms with Crippen molar-refractivity contribution >= 4 is 70.4 Å². The maximum Gasteiger partial charge on any atom is 0.345 e. The van der Waals surface area contributed by atoms with Gasteiger partial charge in [0.2, 0.25) is 0 Å². The van der Waals surface area contributed by atoms with Crippen molar-refractivity contribution in [3.8, 4) is 5.75 Å². The summed E-state index contributed by atoms with van der Waals surface area (Å²) in [5, 5.41) is 7.39. The minimum absolute atomic E-state index is 0.167. The predicted molar refractivity (Wildman–Crippen MR) is 132 cm³/mol. The molecule has 0 saturated carbocycles. The second kappa shape index (κ2) is 11.9. The average Bonchev–Trinajstić information content (AvgIpc) is 2.79. The lowest BCUT2D eigenvalue weighted by molar-refractivity contribution is -0.120. The second-order valence-corrected chi connectivity index (χ2v) is 8.35. The molecule has 0 heterocycles. The largest absolute Gasteiger partial charge is 0.423 e. The minimum atomic E-state index is -0.651. The summed E-state index contributed by atoms with van der Waals surface area (Å²) >= 11 is 23.6. The molecule has 3 aromatic carbocycles. The van der Waals surface area contributed by atoms with Crippen molar-refractivity contribution in [2.24, 2.45) is 5.10 Å². The zero-order valence-electron chi connectivity index (χ0n) is 17.2. The Balaban J connectivity index is 1.52. The number of amides is 2. The van der Waals surface area contributed by atoms with E-state index in [9.17, 15) is 14.4 Å². The molecule has 0 bridgehead atoms. The van der Waals surface area contributed by atoms with Gasteiger partial charge in [0.1, 0.15) is 5.75 Å². The quantitative estimate of drug-likeness (QED) is 0.182. The molecular formula is C23H15Cl4N3O4. The Morgan fingerprint density at radius 3 is 2.41 bits per heavy atom. The number of nitrogens with zero attached hydrogens (tertiary/aromatic N) is 1. The topological polar surface area (TPSA) is 96.9 Å². The molecule has 0 atom stereocenters. The summed E-state index contributed by atoms with van der Waals surface area (Å²) in [5.41, 5.74) is 3.26. The Hall–Kier alpha value is -3.10. The Kier molecular flexibility index (Phi) is 8.90. The van der Waals surface area contributed by atoms with Crippen LogP contribution in [0.25, 0.3) is 0 Å². The summed E-state index contributed by atoms with van der Waals surface area (Å²) in [4.78, 5) is 36.4. The van der Waals surface area contributed by atoms with Crippen LogP contribution in [0.5, 0.6) is 5.75 Å². The molecule has 0 saturated heterocycles. The fraction of sp³-hybridized carbons (Fsp3) is 0.0435. The molecule has 34 heavy (non-hydrogen) atoms. The van der Waals surface area contributed by atoms with Gasteiger partial charge in [-0.2, -0.15) is 5.10 Å². The first-order valence-electron chi connectivity index (χ1n) is 9.55. The van der Waals surface area contributed by atoms with Gasteiger partial charge in [0.15, 0.2) is 0 Å². The molecular weight excluding hydrogens is 524 g/mol. The van der Waals surface area contributed by atoms with Gasteiger partial charge in [-0.3, -0.25) is 9.59 Å². The lowest BCUT2D eigenvalue weighted by atomic mass is 10.2. The van der Waals surface area contributed by atoms with Crippen LogP contribution in [0, 0.1) is 0 Å². The van der Waals surface area contributed by atoms with Crippen LogP contribution in [-0.2, 0) is 4.79 Å². The molecule has 0 aliphatic heterocycles. The van der Waals surface area contributed by atoms with E-state index in [0.717, 1.165) is 0 Å². The summed E-state index contributed by atoms with van der Waals surface area (Å²) in [5.74, 6) is -1.44. The first kappa shape index (κ1) is 25.5. The first-order valence-corrected chi connectivity index (χ1v) is 11.1. The summed E-state index contributed by atoms with van der Waals surface area (Å²) in [6.07, 6.45) is 1.35. The fourth-order valence-corrected chi connectivity index (χ4v) is 3.38. The van der Waals surface area contributed by atoms with Gasteiger partial charge in [0.25, 0.3) is 11.8 Å². The maximum absolute atomic E-state index is 12.3. The molecule has 174 valence electrons. The molecule has 0 aliphatic rings. The van der Waals surface area contributed by atoms with Crippen LogP contribution in [0.2, 0.25) is 20.1 Å². The number of hydrogen-bond acceptors (Lipinski definition) is 5. The molecule has 0 aromatic heterocycles. The number of carbonyl (C=O) groups excluding carboxylic acids is 3. The number of ether oxygens (including phenoxy) is 1. The highest BCUT2D eigenvalue weighted by atomic mass is 35.5. The number of nitrogens with one attached hydrogen (secondary N) is 2. The van der Waals surface area contributed by atoms with Crippen molar-refractivity contribution in [1.29, 1.82) is 0 Å². The molecule has 3 aromatic rings. The third kappa shape index (κ3) is 7.20. The second-order valence-electron chi connectivity index (χ2n) is 6.69. The number of rotatable bonds is 7. The number of carbonyl (C=O) groups is 3. The Morgan fingerprint density at radius 1 is 0.882 bits per heavy atom. The molecule has 0 fully saturated rings. The summed E-state index contributed by atoms with van der Waals surface area (Å²) in [6.45, 7) is -0.310. The number of hydrogen-bond donors (Lipinski definition) is 2. The van der Waals surface area contributed by atoms with E-state index in [1.165, 1.54) is 42.6 Å². The molecule has 2 amide bonds. The Morgan fingerprint density at radius 2 is 1.68 bits per heavy atom. The van der Waals surface area contributed by atoms with Gasteiger partial charge < -0.3 is 10.1 Å². The van der Waals surface area contributed by atoms with Crippen LogP contribution in [0.15, 0.2) is 65.8 Å². The van der Waals surface area contributed by atoms with Crippen molar-refractivity contribution in [3.05, 3.63) is 97.4 Å². The number of halogens is 4. The fourth-order valence-electron chi connectivity index (χ4n) is 2.59. The van der Waals surface area contributed by atoms with Gasteiger partial charge in [0, 0.05) is 10.6 Å². The van der Waals surface area contributed by atoms with Crippen LogP contribution in [0.1, 0.15) is 26.3 Å². The molecule has 0 aliphatic carbocycles. The standard InChI is InChI=1S/C23H15Cl4N3O4/c24-15-5-6-17(19(26)10-15)23(33)34-16-3-1-2-13(8-16)11-29-30-21(31)12-28-22(32)14-4-7-18(25)20(27)9-14/h1-11H,12H2,(H,28,32)(H,30,31)/b29-11-. The molecule has 0 spiro atoms. The van der Waals surface area contributed by atoms with E-state index in [-0.39, 0.29) is 33.5 Å². The normalized spacial score (nSPS) is 10.7. The minimum Gasteiger partial charge on any atom is -0.423 e. The summed E-state index contributed by atoms with van der Waals surface area (Å²) in [6, 6.07) is 15.3. The molecule has 7 nitrogen and oxygen atoms in total. The highest BCUT2D eigenvalue weighted by Gasteiger charge is 2.13. The number of esters is 1. The van der Waals surface area contributed by atoms with Gasteiger partial charge >= 0.3 is 5.97 Å². The van der Waals surface area contributed by atoms with Gasteiger partial charge in [-0.1, -0.05) is 58.5 Å². The number of benzene rings is 3. The smallest absolute Gasteiger partial charge is 0.345 e. The highest BCUT2D eigenvalue weighted by molar-refractivity contribution is 6.42. The lowest BCUT2D eigenvalue weighted by Crippen LogP contribution is -2.34. The van der Waals surface area contributed by atoms with Crippen molar-refractivity contribution in [2.45, 2.75) is 0 Å². The Bertz CT molecular complexity index is 1280. The third-order valence-electron chi connectivity index (χ3n) is 4.21. The number of hydrazone groups is 1. The molecule has 3 rings (SSSR count). The summed E-state index contributed by atoms with van der Waals surface area (Å²) < 4.78 is 5.33.